The third kappa shape index (κ3) is 11.1. The van der Waals surface area contributed by atoms with Crippen LogP contribution in [0.5, 0.6) is 0 Å². The van der Waals surface area contributed by atoms with E-state index in [0.717, 1.165) is 32.1 Å². The second-order valence-corrected chi connectivity index (χ2v) is 17.4. The van der Waals surface area contributed by atoms with E-state index in [-0.39, 0.29) is 30.6 Å². The van der Waals surface area contributed by atoms with Crippen molar-refractivity contribution in [2.75, 3.05) is 13.1 Å². The van der Waals surface area contributed by atoms with Gasteiger partial charge in [-0.3, -0.25) is 28.8 Å². The van der Waals surface area contributed by atoms with Crippen LogP contribution in [0.3, 0.4) is 0 Å². The van der Waals surface area contributed by atoms with Crippen LogP contribution in [0, 0.1) is 29.6 Å². The van der Waals surface area contributed by atoms with Gasteiger partial charge in [0.1, 0.15) is 23.7 Å². The van der Waals surface area contributed by atoms with Crippen molar-refractivity contribution in [3.8, 4) is 0 Å². The molecule has 13 nitrogen and oxygen atoms in total. The van der Waals surface area contributed by atoms with Gasteiger partial charge in [0, 0.05) is 25.3 Å². The number of likely N-dealkylation sites (tertiary alicyclic amines) is 1. The summed E-state index contributed by atoms with van der Waals surface area (Å²) in [5.41, 5.74) is -0.291. The number of Topliss-reactive ketones (excluding diaryl/α,β-unsaturated/α-hetero) is 2. The van der Waals surface area contributed by atoms with E-state index in [1.807, 2.05) is 0 Å². The summed E-state index contributed by atoms with van der Waals surface area (Å²) in [7, 11) is 0. The Morgan fingerprint density at radius 1 is 0.893 bits per heavy atom. The van der Waals surface area contributed by atoms with E-state index < -0.39 is 108 Å². The highest BCUT2D eigenvalue weighted by Crippen LogP contribution is 2.50. The molecule has 15 heteroatoms. The third-order valence-corrected chi connectivity index (χ3v) is 11.3. The molecule has 1 saturated heterocycles. The van der Waals surface area contributed by atoms with Gasteiger partial charge in [-0.25, -0.2) is 13.6 Å². The van der Waals surface area contributed by atoms with Gasteiger partial charge < -0.3 is 30.9 Å². The molecule has 0 aromatic heterocycles. The second kappa shape index (κ2) is 17.8. The van der Waals surface area contributed by atoms with E-state index >= 15 is 0 Å². The van der Waals surface area contributed by atoms with E-state index in [2.05, 4.69) is 21.3 Å². The summed E-state index contributed by atoms with van der Waals surface area (Å²) >= 11 is 0. The van der Waals surface area contributed by atoms with Crippen molar-refractivity contribution in [1.82, 2.24) is 26.2 Å². The minimum atomic E-state index is -3.05. The zero-order chi connectivity index (χ0) is 40.9. The van der Waals surface area contributed by atoms with E-state index in [4.69, 9.17) is 4.74 Å². The van der Waals surface area contributed by atoms with Crippen molar-refractivity contribution in [2.24, 2.45) is 29.6 Å². The molecule has 0 radical (unpaired) electrons. The number of rotatable bonds is 15. The van der Waals surface area contributed by atoms with E-state index in [1.54, 1.807) is 65.0 Å². The SMILES string of the molecule is CC(C)C(=O)[C@@H](NC(=O)CNC(=O)C(=O)C(CC1CC1)NC(=O)[C@@H]1[C@H]2CC(F)(F)C[C@H]2CN1C(=O)[C@@H](NC(=O)OC(C)(C)C)C1CCCCC1)c1ccccc1. The van der Waals surface area contributed by atoms with Crippen LogP contribution in [0.4, 0.5) is 13.6 Å². The lowest BCUT2D eigenvalue weighted by Gasteiger charge is -2.36. The average molecular weight is 786 g/mol. The molecule has 1 unspecified atom stereocenters. The molecule has 0 bridgehead atoms. The highest BCUT2D eigenvalue weighted by molar-refractivity contribution is 6.38. The zero-order valence-electron chi connectivity index (χ0n) is 33.0. The maximum atomic E-state index is 14.8. The molecule has 1 aliphatic heterocycles. The molecule has 56 heavy (non-hydrogen) atoms. The van der Waals surface area contributed by atoms with Crippen LogP contribution in [0.2, 0.25) is 0 Å². The number of halogens is 2. The first-order valence-electron chi connectivity index (χ1n) is 20.0. The van der Waals surface area contributed by atoms with Gasteiger partial charge in [0.15, 0.2) is 5.78 Å². The Morgan fingerprint density at radius 2 is 1.55 bits per heavy atom. The van der Waals surface area contributed by atoms with Gasteiger partial charge in [-0.1, -0.05) is 76.3 Å². The van der Waals surface area contributed by atoms with Crippen LogP contribution in [0.25, 0.3) is 0 Å². The minimum Gasteiger partial charge on any atom is -0.444 e. The molecule has 4 N–H and O–H groups in total. The van der Waals surface area contributed by atoms with E-state index in [1.165, 1.54) is 4.90 Å². The number of hydrogen-bond acceptors (Lipinski definition) is 8. The van der Waals surface area contributed by atoms with Crippen molar-refractivity contribution in [3.05, 3.63) is 35.9 Å². The van der Waals surface area contributed by atoms with Gasteiger partial charge >= 0.3 is 6.09 Å². The van der Waals surface area contributed by atoms with Crippen LogP contribution < -0.4 is 21.3 Å². The molecule has 4 aliphatic rings. The highest BCUT2D eigenvalue weighted by Gasteiger charge is 2.59. The molecular formula is C41H57F2N5O8. The molecule has 3 aliphatic carbocycles. The normalized spacial score (nSPS) is 23.6. The molecule has 4 fully saturated rings. The molecule has 3 saturated carbocycles. The standard InChI is InChI=1S/C41H57F2N5O8/c1-23(2)34(50)31(25-12-8-6-9-13-25)46-30(49)21-44-37(53)35(51)29(18-24-16-17-24)45-36(52)33-28-20-41(42,43)19-27(28)22-48(33)38(54)32(26-14-10-7-11-15-26)47-39(55)56-40(3,4)5/h6,8-9,12-13,23-24,26-29,31-33H,7,10-11,14-22H2,1-5H3,(H,44,53)(H,45,52)(H,46,49)(H,47,55)/t27-,28-,29?,31-,32-,33-/m0/s1. The molecule has 308 valence electrons. The lowest BCUT2D eigenvalue weighted by Crippen LogP contribution is -2.59. The number of ketones is 2. The summed E-state index contributed by atoms with van der Waals surface area (Å²) in [6.45, 7) is 7.73. The largest absolute Gasteiger partial charge is 0.444 e. The molecule has 1 heterocycles. The van der Waals surface area contributed by atoms with Crippen molar-refractivity contribution in [3.63, 3.8) is 0 Å². The summed E-state index contributed by atoms with van der Waals surface area (Å²) in [5, 5.41) is 10.3. The van der Waals surface area contributed by atoms with Gasteiger partial charge in [-0.2, -0.15) is 0 Å². The van der Waals surface area contributed by atoms with Crippen molar-refractivity contribution >= 4 is 41.3 Å². The van der Waals surface area contributed by atoms with Crippen LogP contribution >= 0.6 is 0 Å². The Balaban J connectivity index is 1.31. The quantitative estimate of drug-likeness (QED) is 0.189. The third-order valence-electron chi connectivity index (χ3n) is 11.3. The van der Waals surface area contributed by atoms with Crippen LogP contribution in [0.1, 0.15) is 110 Å². The lowest BCUT2D eigenvalue weighted by atomic mass is 9.83. The van der Waals surface area contributed by atoms with Gasteiger partial charge in [0.2, 0.25) is 29.4 Å². The average Bonchev–Trinajstić information content (AvgIpc) is 3.82. The van der Waals surface area contributed by atoms with Gasteiger partial charge in [0.05, 0.1) is 12.6 Å². The number of amides is 5. The topological polar surface area (TPSA) is 180 Å². The summed E-state index contributed by atoms with van der Waals surface area (Å²) in [6, 6.07) is 3.87. The van der Waals surface area contributed by atoms with Gasteiger partial charge in [0.25, 0.3) is 5.91 Å². The fraction of sp³-hybridized carbons (Fsp3) is 0.683. The molecule has 1 aromatic rings. The Bertz CT molecular complexity index is 1640. The number of ether oxygens (including phenoxy) is 1. The number of carbonyl (C=O) groups excluding carboxylic acids is 7. The molecule has 5 rings (SSSR count). The second-order valence-electron chi connectivity index (χ2n) is 17.4. The monoisotopic (exact) mass is 785 g/mol. The zero-order valence-corrected chi connectivity index (χ0v) is 33.0. The first kappa shape index (κ1) is 42.7. The number of nitrogens with one attached hydrogen (secondary N) is 4. The van der Waals surface area contributed by atoms with Crippen LogP contribution in [-0.4, -0.2) is 88.9 Å². The Morgan fingerprint density at radius 3 is 2.16 bits per heavy atom. The number of benzene rings is 1. The summed E-state index contributed by atoms with van der Waals surface area (Å²) < 4.78 is 35.1. The molecule has 0 spiro atoms. The lowest BCUT2D eigenvalue weighted by molar-refractivity contribution is -0.145. The first-order chi connectivity index (χ1) is 26.3. The molecular weight excluding hydrogens is 728 g/mol. The smallest absolute Gasteiger partial charge is 0.408 e. The number of hydrogen-bond donors (Lipinski definition) is 4. The van der Waals surface area contributed by atoms with Gasteiger partial charge in [-0.05, 0) is 69.3 Å². The van der Waals surface area contributed by atoms with E-state index in [0.29, 0.717) is 18.4 Å². The Hall–Kier alpha value is -4.43. The number of carbonyl (C=O) groups is 7. The van der Waals surface area contributed by atoms with E-state index in [9.17, 15) is 42.3 Å². The maximum absolute atomic E-state index is 14.8. The predicted octanol–water partition coefficient (Wildman–Crippen LogP) is 4.39. The minimum absolute atomic E-state index is 0.0348. The fourth-order valence-corrected chi connectivity index (χ4v) is 8.41. The highest BCUT2D eigenvalue weighted by atomic mass is 19.3. The van der Waals surface area contributed by atoms with Gasteiger partial charge in [-0.15, -0.1) is 0 Å². The molecule has 5 amide bonds. The Labute approximate surface area is 327 Å². The number of nitrogens with zero attached hydrogens (tertiary/aromatic N) is 1. The fourth-order valence-electron chi connectivity index (χ4n) is 8.41. The van der Waals surface area contributed by atoms with Crippen molar-refractivity contribution < 1.29 is 47.1 Å². The van der Waals surface area contributed by atoms with Crippen molar-refractivity contribution in [1.29, 1.82) is 0 Å². The van der Waals surface area contributed by atoms with Crippen LogP contribution in [-0.2, 0) is 33.5 Å². The number of fused-ring (bicyclic) bond motifs is 1. The van der Waals surface area contributed by atoms with Crippen LogP contribution in [0.15, 0.2) is 30.3 Å². The Kier molecular flexibility index (Phi) is 13.6. The number of alkyl halides is 2. The van der Waals surface area contributed by atoms with Crippen molar-refractivity contribution in [2.45, 2.75) is 135 Å². The number of alkyl carbamates (subject to hydrolysis) is 1. The molecule has 1 aromatic carbocycles. The first-order valence-corrected chi connectivity index (χ1v) is 20.0. The predicted molar refractivity (Wildman–Crippen MR) is 201 cm³/mol. The molecule has 6 atom stereocenters. The summed E-state index contributed by atoms with van der Waals surface area (Å²) in [6.07, 6.45) is 3.63. The summed E-state index contributed by atoms with van der Waals surface area (Å²) in [5.74, 6) is -9.80. The summed E-state index contributed by atoms with van der Waals surface area (Å²) in [4.78, 5) is 95.7. The maximum Gasteiger partial charge on any atom is 0.408 e.